The van der Waals surface area contributed by atoms with Crippen LogP contribution in [0.1, 0.15) is 24.8 Å². The summed E-state index contributed by atoms with van der Waals surface area (Å²) in [6.45, 7) is 0. The molecule has 2 atom stereocenters. The minimum absolute atomic E-state index is 0.118. The summed E-state index contributed by atoms with van der Waals surface area (Å²) in [6.07, 6.45) is 5.28. The number of carboxylic acids is 1. The van der Waals surface area contributed by atoms with Crippen molar-refractivity contribution in [1.82, 2.24) is 4.98 Å². The van der Waals surface area contributed by atoms with Crippen LogP contribution in [0.3, 0.4) is 0 Å². The number of hydrogen-bond acceptors (Lipinski definition) is 4. The molecule has 1 aliphatic rings. The van der Waals surface area contributed by atoms with Gasteiger partial charge in [0.05, 0.1) is 23.4 Å². The average Bonchev–Trinajstić information content (AvgIpc) is 2.78. The Morgan fingerprint density at radius 1 is 1.59 bits per heavy atom. The minimum atomic E-state index is -0.735. The molecule has 0 amide bonds. The van der Waals surface area contributed by atoms with Crippen LogP contribution in [-0.2, 0) is 4.79 Å². The van der Waals surface area contributed by atoms with Gasteiger partial charge in [-0.3, -0.25) is 9.78 Å². The second-order valence-electron chi connectivity index (χ2n) is 4.22. The maximum absolute atomic E-state index is 10.8. The molecule has 1 heterocycles. The SMILES string of the molecule is N#Cc1ccncc1NC1CCC(C(=O)O)C1. The Balaban J connectivity index is 2.03. The van der Waals surface area contributed by atoms with E-state index in [1.54, 1.807) is 18.5 Å². The molecule has 1 aliphatic carbocycles. The molecule has 0 aliphatic heterocycles. The molecule has 2 N–H and O–H groups in total. The molecule has 5 nitrogen and oxygen atoms in total. The number of pyridine rings is 1. The summed E-state index contributed by atoms with van der Waals surface area (Å²) >= 11 is 0. The van der Waals surface area contributed by atoms with Crippen LogP contribution in [0.4, 0.5) is 5.69 Å². The van der Waals surface area contributed by atoms with Crippen LogP contribution in [0.5, 0.6) is 0 Å². The largest absolute Gasteiger partial charge is 0.481 e. The smallest absolute Gasteiger partial charge is 0.306 e. The third kappa shape index (κ3) is 2.53. The Hall–Kier alpha value is -2.09. The zero-order valence-electron chi connectivity index (χ0n) is 9.26. The first-order valence-corrected chi connectivity index (χ1v) is 5.54. The molecule has 0 radical (unpaired) electrons. The van der Waals surface area contributed by atoms with E-state index >= 15 is 0 Å². The van der Waals surface area contributed by atoms with Gasteiger partial charge in [0.1, 0.15) is 6.07 Å². The molecular formula is C12H13N3O2. The monoisotopic (exact) mass is 231 g/mol. The van der Waals surface area contributed by atoms with Gasteiger partial charge in [0.15, 0.2) is 0 Å². The first-order chi connectivity index (χ1) is 8.20. The molecule has 0 saturated heterocycles. The topological polar surface area (TPSA) is 86.0 Å². The van der Waals surface area contributed by atoms with Gasteiger partial charge in [0, 0.05) is 12.2 Å². The quantitative estimate of drug-likeness (QED) is 0.825. The van der Waals surface area contributed by atoms with Gasteiger partial charge >= 0.3 is 5.97 Å². The van der Waals surface area contributed by atoms with E-state index in [1.807, 2.05) is 0 Å². The molecule has 2 rings (SSSR count). The van der Waals surface area contributed by atoms with Gasteiger partial charge in [-0.15, -0.1) is 0 Å². The molecule has 1 fully saturated rings. The summed E-state index contributed by atoms with van der Waals surface area (Å²) in [7, 11) is 0. The van der Waals surface area contributed by atoms with Crippen molar-refractivity contribution in [2.45, 2.75) is 25.3 Å². The highest BCUT2D eigenvalue weighted by atomic mass is 16.4. The van der Waals surface area contributed by atoms with Gasteiger partial charge in [-0.25, -0.2) is 0 Å². The molecule has 0 bridgehead atoms. The normalized spacial score (nSPS) is 23.0. The summed E-state index contributed by atoms with van der Waals surface area (Å²) in [5.41, 5.74) is 1.23. The van der Waals surface area contributed by atoms with E-state index in [-0.39, 0.29) is 12.0 Å². The summed E-state index contributed by atoms with van der Waals surface area (Å²) in [5, 5.41) is 21.0. The number of hydrogen-bond donors (Lipinski definition) is 2. The Bertz CT molecular complexity index is 467. The molecule has 2 unspecified atom stereocenters. The second kappa shape index (κ2) is 4.83. The maximum atomic E-state index is 10.8. The molecular weight excluding hydrogens is 218 g/mol. The van der Waals surface area contributed by atoms with Gasteiger partial charge < -0.3 is 10.4 Å². The van der Waals surface area contributed by atoms with Gasteiger partial charge in [-0.05, 0) is 25.3 Å². The summed E-state index contributed by atoms with van der Waals surface area (Å²) in [6, 6.07) is 3.85. The van der Waals surface area contributed by atoms with Crippen molar-refractivity contribution in [2.24, 2.45) is 5.92 Å². The third-order valence-electron chi connectivity index (χ3n) is 3.08. The molecule has 0 spiro atoms. The number of nitriles is 1. The second-order valence-corrected chi connectivity index (χ2v) is 4.22. The lowest BCUT2D eigenvalue weighted by molar-refractivity contribution is -0.141. The number of anilines is 1. The van der Waals surface area contributed by atoms with Crippen LogP contribution >= 0.6 is 0 Å². The Labute approximate surface area is 99.1 Å². The lowest BCUT2D eigenvalue weighted by Crippen LogP contribution is -2.18. The van der Waals surface area contributed by atoms with Crippen LogP contribution in [0.25, 0.3) is 0 Å². The highest BCUT2D eigenvalue weighted by Gasteiger charge is 2.29. The van der Waals surface area contributed by atoms with Crippen LogP contribution in [-0.4, -0.2) is 22.1 Å². The number of nitrogens with zero attached hydrogens (tertiary/aromatic N) is 2. The Kier molecular flexibility index (Phi) is 3.24. The fourth-order valence-corrected chi connectivity index (χ4v) is 2.16. The van der Waals surface area contributed by atoms with E-state index in [9.17, 15) is 4.79 Å². The van der Waals surface area contributed by atoms with E-state index in [0.717, 1.165) is 6.42 Å². The summed E-state index contributed by atoms with van der Waals surface area (Å²) in [5.74, 6) is -1.00. The van der Waals surface area contributed by atoms with Crippen LogP contribution in [0, 0.1) is 17.2 Å². The van der Waals surface area contributed by atoms with E-state index < -0.39 is 5.97 Å². The molecule has 88 valence electrons. The molecule has 17 heavy (non-hydrogen) atoms. The number of nitrogens with one attached hydrogen (secondary N) is 1. The Morgan fingerprint density at radius 3 is 3.06 bits per heavy atom. The minimum Gasteiger partial charge on any atom is -0.481 e. The maximum Gasteiger partial charge on any atom is 0.306 e. The molecule has 0 aromatic carbocycles. The number of aliphatic carboxylic acids is 1. The summed E-state index contributed by atoms with van der Waals surface area (Å²) < 4.78 is 0. The lowest BCUT2D eigenvalue weighted by Gasteiger charge is -2.14. The first kappa shape index (κ1) is 11.4. The van der Waals surface area contributed by atoms with Gasteiger partial charge in [-0.1, -0.05) is 0 Å². The van der Waals surface area contributed by atoms with E-state index in [0.29, 0.717) is 24.1 Å². The highest BCUT2D eigenvalue weighted by molar-refractivity contribution is 5.70. The van der Waals surface area contributed by atoms with Gasteiger partial charge in [0.2, 0.25) is 0 Å². The Morgan fingerprint density at radius 2 is 2.41 bits per heavy atom. The van der Waals surface area contributed by atoms with Crippen molar-refractivity contribution in [3.63, 3.8) is 0 Å². The van der Waals surface area contributed by atoms with Crippen molar-refractivity contribution in [3.8, 4) is 6.07 Å². The van der Waals surface area contributed by atoms with E-state index in [2.05, 4.69) is 16.4 Å². The van der Waals surface area contributed by atoms with Crippen molar-refractivity contribution < 1.29 is 9.90 Å². The zero-order chi connectivity index (χ0) is 12.3. The number of rotatable bonds is 3. The molecule has 1 saturated carbocycles. The zero-order valence-corrected chi connectivity index (χ0v) is 9.26. The first-order valence-electron chi connectivity index (χ1n) is 5.54. The van der Waals surface area contributed by atoms with Crippen molar-refractivity contribution in [2.75, 3.05) is 5.32 Å². The molecule has 1 aromatic heterocycles. The number of carbonyl (C=O) groups is 1. The highest BCUT2D eigenvalue weighted by Crippen LogP contribution is 2.28. The summed E-state index contributed by atoms with van der Waals surface area (Å²) in [4.78, 5) is 14.8. The van der Waals surface area contributed by atoms with Gasteiger partial charge in [0.25, 0.3) is 0 Å². The predicted octanol–water partition coefficient (Wildman–Crippen LogP) is 1.62. The van der Waals surface area contributed by atoms with Crippen molar-refractivity contribution >= 4 is 11.7 Å². The predicted molar refractivity (Wildman–Crippen MR) is 61.3 cm³/mol. The average molecular weight is 231 g/mol. The van der Waals surface area contributed by atoms with Crippen molar-refractivity contribution in [3.05, 3.63) is 24.0 Å². The fraction of sp³-hybridized carbons (Fsp3) is 0.417. The van der Waals surface area contributed by atoms with Gasteiger partial charge in [-0.2, -0.15) is 5.26 Å². The third-order valence-corrected chi connectivity index (χ3v) is 3.08. The number of aromatic nitrogens is 1. The van der Waals surface area contributed by atoms with Crippen LogP contribution in [0.15, 0.2) is 18.5 Å². The van der Waals surface area contributed by atoms with E-state index in [4.69, 9.17) is 10.4 Å². The number of carboxylic acid groups (broad SMARTS) is 1. The lowest BCUT2D eigenvalue weighted by atomic mass is 10.1. The molecule has 5 heteroatoms. The fourth-order valence-electron chi connectivity index (χ4n) is 2.16. The standard InChI is InChI=1S/C12H13N3O2/c13-6-9-3-4-14-7-11(9)15-10-2-1-8(5-10)12(16)17/h3-4,7-8,10,15H,1-2,5H2,(H,16,17). The molecule has 1 aromatic rings. The van der Waals surface area contributed by atoms with Crippen LogP contribution < -0.4 is 5.32 Å². The van der Waals surface area contributed by atoms with Crippen molar-refractivity contribution in [1.29, 1.82) is 5.26 Å². The van der Waals surface area contributed by atoms with E-state index in [1.165, 1.54) is 0 Å². The van der Waals surface area contributed by atoms with Crippen LogP contribution in [0.2, 0.25) is 0 Å².